The highest BCUT2D eigenvalue weighted by Crippen LogP contribution is 2.32. The van der Waals surface area contributed by atoms with Crippen LogP contribution in [-0.4, -0.2) is 26.4 Å². The van der Waals surface area contributed by atoms with Crippen LogP contribution in [0.4, 0.5) is 0 Å². The molecule has 136 valence electrons. The van der Waals surface area contributed by atoms with Crippen molar-refractivity contribution in [3.8, 4) is 5.69 Å². The van der Waals surface area contributed by atoms with Crippen LogP contribution in [0.1, 0.15) is 23.9 Å². The summed E-state index contributed by atoms with van der Waals surface area (Å²) in [5.74, 6) is -0.188. The summed E-state index contributed by atoms with van der Waals surface area (Å²) in [6.45, 7) is 5.96. The largest absolute Gasteiger partial charge is 0.318 e. The average Bonchev–Trinajstić information content (AvgIpc) is 3.12. The molecule has 27 heavy (non-hydrogen) atoms. The Morgan fingerprint density at radius 2 is 1.89 bits per heavy atom. The highest BCUT2D eigenvalue weighted by Gasteiger charge is 2.34. The number of thioether (sulfide) groups is 1. The second kappa shape index (κ2) is 6.65. The molecule has 2 aromatic rings. The van der Waals surface area contributed by atoms with E-state index in [1.807, 2.05) is 56.5 Å². The molecule has 1 amide bonds. The van der Waals surface area contributed by atoms with Crippen LogP contribution in [0.2, 0.25) is 0 Å². The lowest BCUT2D eigenvalue weighted by molar-refractivity contribution is -0.114. The fourth-order valence-corrected chi connectivity index (χ4v) is 4.44. The molecule has 4 rings (SSSR count). The van der Waals surface area contributed by atoms with Gasteiger partial charge >= 0.3 is 0 Å². The van der Waals surface area contributed by atoms with Gasteiger partial charge < -0.3 is 4.57 Å². The number of amides is 1. The molecule has 0 saturated heterocycles. The van der Waals surface area contributed by atoms with Crippen molar-refractivity contribution < 1.29 is 4.79 Å². The Balaban J connectivity index is 1.78. The quantitative estimate of drug-likeness (QED) is 0.666. The molecule has 1 aromatic heterocycles. The summed E-state index contributed by atoms with van der Waals surface area (Å²) in [6, 6.07) is 10.1. The Kier molecular flexibility index (Phi) is 4.44. The summed E-state index contributed by atoms with van der Waals surface area (Å²) >= 11 is 4.84. The van der Waals surface area contributed by atoms with E-state index in [1.165, 1.54) is 11.8 Å². The van der Waals surface area contributed by atoms with Gasteiger partial charge in [0.15, 0.2) is 5.17 Å². The van der Waals surface area contributed by atoms with Gasteiger partial charge in [-0.2, -0.15) is 4.99 Å². The van der Waals surface area contributed by atoms with Crippen molar-refractivity contribution in [1.82, 2.24) is 9.47 Å². The molecule has 0 unspecified atom stereocenters. The Labute approximate surface area is 170 Å². The topological polar surface area (TPSA) is 61.5 Å². The first-order chi connectivity index (χ1) is 12.9. The number of amidine groups is 2. The molecule has 2 aliphatic rings. The first kappa shape index (κ1) is 18.0. The van der Waals surface area contributed by atoms with E-state index in [4.69, 9.17) is 5.41 Å². The van der Waals surface area contributed by atoms with Gasteiger partial charge in [0.05, 0.1) is 5.57 Å². The number of hydrogen-bond donors (Lipinski definition) is 1. The smallest absolute Gasteiger partial charge is 0.283 e. The van der Waals surface area contributed by atoms with Crippen LogP contribution in [0.25, 0.3) is 11.8 Å². The van der Waals surface area contributed by atoms with Gasteiger partial charge in [-0.1, -0.05) is 27.7 Å². The van der Waals surface area contributed by atoms with Crippen LogP contribution in [-0.2, 0) is 4.79 Å². The van der Waals surface area contributed by atoms with Crippen molar-refractivity contribution in [2.75, 3.05) is 0 Å². The van der Waals surface area contributed by atoms with E-state index in [2.05, 4.69) is 25.5 Å². The maximum absolute atomic E-state index is 12.5. The Bertz CT molecular complexity index is 1080. The van der Waals surface area contributed by atoms with Gasteiger partial charge in [-0.3, -0.25) is 15.1 Å². The number of nitrogens with zero attached hydrogens (tertiary/aromatic N) is 3. The van der Waals surface area contributed by atoms with Crippen LogP contribution in [0.5, 0.6) is 0 Å². The van der Waals surface area contributed by atoms with Crippen molar-refractivity contribution in [2.24, 2.45) is 4.99 Å². The first-order valence-electron chi connectivity index (χ1n) is 8.39. The normalized spacial score (nSPS) is 18.1. The van der Waals surface area contributed by atoms with E-state index < -0.39 is 0 Å². The van der Waals surface area contributed by atoms with Crippen molar-refractivity contribution in [3.63, 3.8) is 0 Å². The lowest BCUT2D eigenvalue weighted by Gasteiger charge is -2.25. The lowest BCUT2D eigenvalue weighted by atomic mass is 10.1. The van der Waals surface area contributed by atoms with Gasteiger partial charge in [-0.15, -0.1) is 0 Å². The number of aryl methyl sites for hydroxylation is 1. The van der Waals surface area contributed by atoms with Crippen LogP contribution < -0.4 is 0 Å². The predicted octanol–water partition coefficient (Wildman–Crippen LogP) is 5.02. The molecule has 3 heterocycles. The van der Waals surface area contributed by atoms with E-state index in [0.717, 1.165) is 32.8 Å². The third-order valence-corrected chi connectivity index (χ3v) is 6.11. The van der Waals surface area contributed by atoms with Gasteiger partial charge in [0.2, 0.25) is 0 Å². The number of fused-ring (bicyclic) bond motifs is 1. The van der Waals surface area contributed by atoms with Gasteiger partial charge in [0, 0.05) is 27.2 Å². The standard InChI is InChI=1S/C20H17BrN4OS/c1-11-8-14(13(3)24(11)16-6-4-15(21)5-7-16)9-17-18(22)25-12(2)10-27-20(25)23-19(17)26/h4-10,22H,1-3H3/b17-9-,22-18?. The van der Waals surface area contributed by atoms with E-state index in [9.17, 15) is 4.79 Å². The maximum Gasteiger partial charge on any atom is 0.283 e. The van der Waals surface area contributed by atoms with Crippen LogP contribution in [0.15, 0.2) is 56.5 Å². The van der Waals surface area contributed by atoms with Crippen molar-refractivity contribution in [3.05, 3.63) is 68.4 Å². The van der Waals surface area contributed by atoms with E-state index in [0.29, 0.717) is 10.7 Å². The molecular weight excluding hydrogens is 424 g/mol. The number of rotatable bonds is 2. The highest BCUT2D eigenvalue weighted by atomic mass is 79.9. The second-order valence-electron chi connectivity index (χ2n) is 6.46. The number of nitrogens with one attached hydrogen (secondary N) is 1. The molecule has 5 nitrogen and oxygen atoms in total. The molecule has 0 radical (unpaired) electrons. The molecule has 0 fully saturated rings. The Hall–Kier alpha value is -2.38. The van der Waals surface area contributed by atoms with Crippen molar-refractivity contribution in [1.29, 1.82) is 5.41 Å². The molecule has 0 spiro atoms. The number of carbonyl (C=O) groups excluding carboxylic acids is 1. The minimum Gasteiger partial charge on any atom is -0.318 e. The number of aromatic nitrogens is 1. The summed E-state index contributed by atoms with van der Waals surface area (Å²) < 4.78 is 3.17. The number of benzene rings is 1. The molecular formula is C20H17BrN4OS. The zero-order valence-electron chi connectivity index (χ0n) is 15.1. The fourth-order valence-electron chi connectivity index (χ4n) is 3.32. The summed E-state index contributed by atoms with van der Waals surface area (Å²) in [5, 5.41) is 11.0. The molecule has 1 aromatic carbocycles. The SMILES string of the molecule is CC1=CSC2=NC(=O)/C(=C\c3cc(C)n(-c4ccc(Br)cc4)c3C)C(=N)N12. The van der Waals surface area contributed by atoms with E-state index in [-0.39, 0.29) is 11.7 Å². The van der Waals surface area contributed by atoms with Crippen LogP contribution >= 0.6 is 27.7 Å². The summed E-state index contributed by atoms with van der Waals surface area (Å²) in [5.41, 5.74) is 5.26. The first-order valence-corrected chi connectivity index (χ1v) is 10.1. The number of aliphatic imine (C=N–C) groups is 1. The molecule has 0 atom stereocenters. The second-order valence-corrected chi connectivity index (χ2v) is 8.21. The molecule has 2 aliphatic heterocycles. The minimum atomic E-state index is -0.365. The third kappa shape index (κ3) is 3.00. The summed E-state index contributed by atoms with van der Waals surface area (Å²) in [7, 11) is 0. The predicted molar refractivity (Wildman–Crippen MR) is 114 cm³/mol. The molecule has 0 bridgehead atoms. The monoisotopic (exact) mass is 440 g/mol. The van der Waals surface area contributed by atoms with Crippen molar-refractivity contribution in [2.45, 2.75) is 20.8 Å². The van der Waals surface area contributed by atoms with Gasteiger partial charge in [-0.05, 0) is 68.2 Å². The summed E-state index contributed by atoms with van der Waals surface area (Å²) in [4.78, 5) is 18.4. The van der Waals surface area contributed by atoms with Crippen LogP contribution in [0.3, 0.4) is 0 Å². The average molecular weight is 441 g/mol. The zero-order valence-corrected chi connectivity index (χ0v) is 17.5. The van der Waals surface area contributed by atoms with Gasteiger partial charge in [0.25, 0.3) is 5.91 Å². The number of halogens is 1. The Morgan fingerprint density at radius 1 is 1.19 bits per heavy atom. The lowest BCUT2D eigenvalue weighted by Crippen LogP contribution is -2.37. The third-order valence-electron chi connectivity index (χ3n) is 4.64. The van der Waals surface area contributed by atoms with E-state index in [1.54, 1.807) is 11.0 Å². The number of hydrogen-bond acceptors (Lipinski definition) is 3. The number of allylic oxidation sites excluding steroid dienone is 1. The molecule has 7 heteroatoms. The number of carbonyl (C=O) groups is 1. The summed E-state index contributed by atoms with van der Waals surface area (Å²) in [6.07, 6.45) is 1.78. The highest BCUT2D eigenvalue weighted by molar-refractivity contribution is 9.10. The fraction of sp³-hybridized carbons (Fsp3) is 0.150. The van der Waals surface area contributed by atoms with E-state index >= 15 is 0 Å². The van der Waals surface area contributed by atoms with Crippen molar-refractivity contribution >= 4 is 50.7 Å². The van der Waals surface area contributed by atoms with Gasteiger partial charge in [0.1, 0.15) is 5.84 Å². The minimum absolute atomic E-state index is 0.178. The molecule has 0 aliphatic carbocycles. The zero-order chi connectivity index (χ0) is 19.3. The molecule has 0 saturated carbocycles. The van der Waals surface area contributed by atoms with Crippen LogP contribution in [0, 0.1) is 19.3 Å². The Morgan fingerprint density at radius 3 is 2.59 bits per heavy atom. The maximum atomic E-state index is 12.5. The molecule has 1 N–H and O–H groups in total. The van der Waals surface area contributed by atoms with Gasteiger partial charge in [-0.25, -0.2) is 0 Å².